The van der Waals surface area contributed by atoms with Gasteiger partial charge in [-0.15, -0.1) is 0 Å². The maximum atomic E-state index is 15.5. The molecule has 2 amide bonds. The van der Waals surface area contributed by atoms with Gasteiger partial charge in [-0.3, -0.25) is 4.98 Å². The Balaban J connectivity index is 1.35. The Bertz CT molecular complexity index is 1330. The average Bonchev–Trinajstić information content (AvgIpc) is 3.41. The van der Waals surface area contributed by atoms with Gasteiger partial charge in [0.15, 0.2) is 0 Å². The van der Waals surface area contributed by atoms with Gasteiger partial charge in [0.25, 0.3) is 0 Å². The minimum Gasteiger partial charge on any atom is -0.491 e. The number of hydrogen-bond donors (Lipinski definition) is 1. The van der Waals surface area contributed by atoms with Crippen LogP contribution in [0.15, 0.2) is 60.9 Å². The summed E-state index contributed by atoms with van der Waals surface area (Å²) in [6.07, 6.45) is 3.05. The van der Waals surface area contributed by atoms with Crippen molar-refractivity contribution in [1.82, 2.24) is 15.2 Å². The number of hydrogen-bond acceptors (Lipinski definition) is 6. The summed E-state index contributed by atoms with van der Waals surface area (Å²) in [4.78, 5) is 30.4. The summed E-state index contributed by atoms with van der Waals surface area (Å²) in [5, 5.41) is 2.67. The molecular weight excluding hydrogens is 513 g/mol. The van der Waals surface area contributed by atoms with Crippen molar-refractivity contribution in [2.45, 2.75) is 52.9 Å². The molecule has 212 valence electrons. The number of pyridine rings is 1. The third-order valence-corrected chi connectivity index (χ3v) is 6.62. The van der Waals surface area contributed by atoms with Crippen molar-refractivity contribution in [2.75, 3.05) is 19.7 Å². The predicted molar refractivity (Wildman–Crippen MR) is 149 cm³/mol. The molecule has 1 saturated heterocycles. The molecule has 1 aromatic heterocycles. The van der Waals surface area contributed by atoms with Crippen molar-refractivity contribution in [2.24, 2.45) is 5.92 Å². The van der Waals surface area contributed by atoms with Gasteiger partial charge < -0.3 is 24.4 Å². The van der Waals surface area contributed by atoms with Crippen LogP contribution in [0.4, 0.5) is 14.0 Å². The third-order valence-electron chi connectivity index (χ3n) is 6.62. The van der Waals surface area contributed by atoms with E-state index in [0.717, 1.165) is 12.0 Å². The van der Waals surface area contributed by atoms with E-state index in [4.69, 9.17) is 14.2 Å². The summed E-state index contributed by atoms with van der Waals surface area (Å²) in [6.45, 7) is 8.88. The molecule has 3 aromatic rings. The number of nitrogens with zero attached hydrogens (tertiary/aromatic N) is 2. The van der Waals surface area contributed by atoms with Crippen LogP contribution in [0.3, 0.4) is 0 Å². The number of amides is 2. The zero-order valence-corrected chi connectivity index (χ0v) is 23.4. The highest BCUT2D eigenvalue weighted by Crippen LogP contribution is 2.34. The number of aromatic nitrogens is 1. The normalized spacial score (nSPS) is 15.0. The lowest BCUT2D eigenvalue weighted by atomic mass is 9.98. The molecule has 1 aliphatic heterocycles. The number of halogens is 1. The van der Waals surface area contributed by atoms with Gasteiger partial charge in [0.2, 0.25) is 0 Å². The second kappa shape index (κ2) is 12.8. The quantitative estimate of drug-likeness (QED) is 0.357. The van der Waals surface area contributed by atoms with Gasteiger partial charge in [-0.1, -0.05) is 42.5 Å². The van der Waals surface area contributed by atoms with Gasteiger partial charge in [-0.25, -0.2) is 14.0 Å². The van der Waals surface area contributed by atoms with Crippen molar-refractivity contribution >= 4 is 12.2 Å². The standard InChI is InChI=1S/C31H36FN3O5/c1-21-24(16-34-29(36)40-31(2,3)4)10-11-26(28(21)32)25-12-14-33-17-27(25)38-20-23-13-15-35(18-23)30(37)39-19-22-8-6-5-7-9-22/h5-12,14,17,23H,13,15-16,18-20H2,1-4H3,(H,34,36). The molecule has 0 bridgehead atoms. The predicted octanol–water partition coefficient (Wildman–Crippen LogP) is 6.26. The van der Waals surface area contributed by atoms with E-state index in [0.29, 0.717) is 47.7 Å². The van der Waals surface area contributed by atoms with E-state index in [2.05, 4.69) is 10.3 Å². The molecule has 2 aromatic carbocycles. The number of nitrogens with one attached hydrogen (secondary N) is 1. The van der Waals surface area contributed by atoms with Gasteiger partial charge in [0, 0.05) is 42.9 Å². The lowest BCUT2D eigenvalue weighted by molar-refractivity contribution is 0.0523. The highest BCUT2D eigenvalue weighted by Gasteiger charge is 2.28. The SMILES string of the molecule is Cc1c(CNC(=O)OC(C)(C)C)ccc(-c2ccncc2OCC2CCN(C(=O)OCc3ccccc3)C2)c1F. The van der Waals surface area contributed by atoms with E-state index >= 15 is 4.39 Å². The number of likely N-dealkylation sites (tertiary alicyclic amines) is 1. The van der Waals surface area contributed by atoms with Gasteiger partial charge >= 0.3 is 12.2 Å². The summed E-state index contributed by atoms with van der Waals surface area (Å²) < 4.78 is 32.3. The van der Waals surface area contributed by atoms with Gasteiger partial charge in [-0.05, 0) is 56.9 Å². The highest BCUT2D eigenvalue weighted by atomic mass is 19.1. The summed E-state index contributed by atoms with van der Waals surface area (Å²) in [5.41, 5.74) is 2.36. The van der Waals surface area contributed by atoms with Gasteiger partial charge in [0.05, 0.1) is 12.8 Å². The number of benzene rings is 2. The molecule has 4 rings (SSSR count). The maximum Gasteiger partial charge on any atom is 0.410 e. The fourth-order valence-corrected chi connectivity index (χ4v) is 4.48. The van der Waals surface area contributed by atoms with Crippen molar-refractivity contribution in [3.8, 4) is 16.9 Å². The van der Waals surface area contributed by atoms with E-state index in [-0.39, 0.29) is 25.2 Å². The van der Waals surface area contributed by atoms with E-state index < -0.39 is 17.5 Å². The topological polar surface area (TPSA) is 90.0 Å². The van der Waals surface area contributed by atoms with Crippen molar-refractivity contribution in [1.29, 1.82) is 0 Å². The number of carbonyl (C=O) groups is 2. The number of rotatable bonds is 8. The molecule has 9 heteroatoms. The fraction of sp³-hybridized carbons (Fsp3) is 0.387. The minimum absolute atomic E-state index is 0.116. The van der Waals surface area contributed by atoms with Gasteiger partial charge in [0.1, 0.15) is 23.8 Å². The molecule has 0 saturated carbocycles. The van der Waals surface area contributed by atoms with Crippen molar-refractivity contribution < 1.29 is 28.2 Å². The number of ether oxygens (including phenoxy) is 3. The minimum atomic E-state index is -0.617. The van der Waals surface area contributed by atoms with E-state index in [9.17, 15) is 9.59 Å². The summed E-state index contributed by atoms with van der Waals surface area (Å²) >= 11 is 0. The van der Waals surface area contributed by atoms with Crippen molar-refractivity contribution in [3.05, 3.63) is 83.4 Å². The largest absolute Gasteiger partial charge is 0.491 e. The van der Waals surface area contributed by atoms with E-state index in [1.807, 2.05) is 30.3 Å². The van der Waals surface area contributed by atoms with Crippen LogP contribution in [0.1, 0.15) is 43.9 Å². The van der Waals surface area contributed by atoms with Crippen LogP contribution < -0.4 is 10.1 Å². The first kappa shape index (κ1) is 28.9. The molecule has 8 nitrogen and oxygen atoms in total. The molecule has 0 aliphatic carbocycles. The second-order valence-electron chi connectivity index (χ2n) is 10.9. The van der Waals surface area contributed by atoms with Crippen LogP contribution in [0.2, 0.25) is 0 Å². The fourth-order valence-electron chi connectivity index (χ4n) is 4.48. The number of alkyl carbamates (subject to hydrolysis) is 1. The van der Waals surface area contributed by atoms with E-state index in [1.165, 1.54) is 0 Å². The molecule has 0 radical (unpaired) electrons. The summed E-state index contributed by atoms with van der Waals surface area (Å²) in [6, 6.07) is 14.7. The molecule has 40 heavy (non-hydrogen) atoms. The molecule has 2 heterocycles. The lowest BCUT2D eigenvalue weighted by Crippen LogP contribution is -2.32. The highest BCUT2D eigenvalue weighted by molar-refractivity contribution is 5.72. The average molecular weight is 550 g/mol. The summed E-state index contributed by atoms with van der Waals surface area (Å²) in [5.74, 6) is 0.184. The van der Waals surface area contributed by atoms with Crippen LogP contribution in [0.5, 0.6) is 5.75 Å². The summed E-state index contributed by atoms with van der Waals surface area (Å²) in [7, 11) is 0. The molecule has 1 N–H and O–H groups in total. The van der Waals surface area contributed by atoms with Crippen LogP contribution in [-0.2, 0) is 22.6 Å². The first-order chi connectivity index (χ1) is 19.1. The van der Waals surface area contributed by atoms with Crippen LogP contribution >= 0.6 is 0 Å². The Hall–Kier alpha value is -4.14. The molecular formula is C31H36FN3O5. The Morgan fingerprint density at radius 1 is 1.10 bits per heavy atom. The Morgan fingerprint density at radius 2 is 1.88 bits per heavy atom. The Labute approximate surface area is 234 Å². The number of carbonyl (C=O) groups excluding carboxylic acids is 2. The zero-order valence-electron chi connectivity index (χ0n) is 23.4. The van der Waals surface area contributed by atoms with Crippen LogP contribution in [-0.4, -0.2) is 47.4 Å². The first-order valence-corrected chi connectivity index (χ1v) is 13.4. The van der Waals surface area contributed by atoms with E-state index in [1.54, 1.807) is 63.2 Å². The van der Waals surface area contributed by atoms with Crippen LogP contribution in [0, 0.1) is 18.7 Å². The molecule has 0 spiro atoms. The monoisotopic (exact) mass is 549 g/mol. The molecule has 1 fully saturated rings. The van der Waals surface area contributed by atoms with Gasteiger partial charge in [-0.2, -0.15) is 0 Å². The molecule has 1 aliphatic rings. The lowest BCUT2D eigenvalue weighted by Gasteiger charge is -2.20. The Kier molecular flexibility index (Phi) is 9.24. The second-order valence-corrected chi connectivity index (χ2v) is 10.9. The van der Waals surface area contributed by atoms with Crippen molar-refractivity contribution in [3.63, 3.8) is 0 Å². The Morgan fingerprint density at radius 3 is 2.62 bits per heavy atom. The molecule has 1 unspecified atom stereocenters. The zero-order chi connectivity index (χ0) is 28.7. The smallest absolute Gasteiger partial charge is 0.410 e. The van der Waals surface area contributed by atoms with Crippen LogP contribution in [0.25, 0.3) is 11.1 Å². The third kappa shape index (κ3) is 7.71. The maximum absolute atomic E-state index is 15.5. The molecule has 1 atom stereocenters. The first-order valence-electron chi connectivity index (χ1n) is 13.4.